The minimum absolute atomic E-state index is 0.276. The summed E-state index contributed by atoms with van der Waals surface area (Å²) in [6.45, 7) is 12.2. The first-order chi connectivity index (χ1) is 8.38. The lowest BCUT2D eigenvalue weighted by Gasteiger charge is -2.18. The minimum atomic E-state index is -1.00. The topological polar surface area (TPSA) is 61.9 Å². The van der Waals surface area contributed by atoms with Crippen LogP contribution in [0.25, 0.3) is 4.85 Å². The van der Waals surface area contributed by atoms with Gasteiger partial charge in [-0.2, -0.15) is 0 Å². The zero-order valence-corrected chi connectivity index (χ0v) is 10.8. The van der Waals surface area contributed by atoms with Crippen molar-refractivity contribution in [1.29, 1.82) is 0 Å². The number of nitrogens with zero attached hydrogens (tertiary/aromatic N) is 1. The highest BCUT2D eigenvalue weighted by atomic mass is 16.4. The third kappa shape index (κ3) is 2.88. The maximum absolute atomic E-state index is 11.1. The van der Waals surface area contributed by atoms with E-state index in [4.69, 9.17) is 11.7 Å². The second-order valence-corrected chi connectivity index (χ2v) is 4.50. The molecule has 0 heterocycles. The molecule has 4 heteroatoms. The molecule has 0 radical (unpaired) electrons. The normalized spacial score (nSPS) is 13.7. The van der Waals surface area contributed by atoms with E-state index in [9.17, 15) is 9.90 Å². The predicted octanol–water partition coefficient (Wildman–Crippen LogP) is 2.48. The monoisotopic (exact) mass is 247 g/mol. The lowest BCUT2D eigenvalue weighted by molar-refractivity contribution is -0.145. The van der Waals surface area contributed by atoms with Crippen molar-refractivity contribution in [2.24, 2.45) is 5.92 Å². The highest BCUT2D eigenvalue weighted by Gasteiger charge is 2.24. The number of hydrogen-bond acceptors (Lipinski definition) is 2. The van der Waals surface area contributed by atoms with E-state index in [0.717, 1.165) is 16.7 Å². The van der Waals surface area contributed by atoms with E-state index in [1.807, 2.05) is 13.8 Å². The van der Waals surface area contributed by atoms with E-state index in [1.165, 1.54) is 6.92 Å². The van der Waals surface area contributed by atoms with Gasteiger partial charge in [0, 0.05) is 0 Å². The van der Waals surface area contributed by atoms with Gasteiger partial charge in [0.2, 0.25) is 0 Å². The Morgan fingerprint density at radius 1 is 1.39 bits per heavy atom. The SMILES string of the molecule is [C-]#[N+]c1ccc(C[C@@H](C(=O)O)[C@H](C)O)c(C)c1C. The van der Waals surface area contributed by atoms with Gasteiger partial charge in [0.05, 0.1) is 18.6 Å². The lowest BCUT2D eigenvalue weighted by atomic mass is 9.90. The first kappa shape index (κ1) is 14.2. The lowest BCUT2D eigenvalue weighted by Crippen LogP contribution is -2.28. The van der Waals surface area contributed by atoms with Crippen molar-refractivity contribution in [3.8, 4) is 0 Å². The molecule has 0 unspecified atom stereocenters. The molecule has 2 N–H and O–H groups in total. The first-order valence-electron chi connectivity index (χ1n) is 5.75. The number of aliphatic carboxylic acids is 1. The van der Waals surface area contributed by atoms with Crippen molar-refractivity contribution in [3.05, 3.63) is 40.2 Å². The van der Waals surface area contributed by atoms with Gasteiger partial charge < -0.3 is 10.2 Å². The summed E-state index contributed by atoms with van der Waals surface area (Å²) in [6, 6.07) is 3.47. The molecule has 0 bridgehead atoms. The van der Waals surface area contributed by atoms with Crippen molar-refractivity contribution < 1.29 is 15.0 Å². The Kier molecular flexibility index (Phi) is 4.46. The largest absolute Gasteiger partial charge is 0.481 e. The van der Waals surface area contributed by atoms with Gasteiger partial charge >= 0.3 is 5.97 Å². The quantitative estimate of drug-likeness (QED) is 0.803. The smallest absolute Gasteiger partial charge is 0.309 e. The maximum atomic E-state index is 11.1. The molecule has 0 saturated heterocycles. The molecule has 0 aliphatic carbocycles. The van der Waals surface area contributed by atoms with Crippen LogP contribution in [-0.2, 0) is 11.2 Å². The van der Waals surface area contributed by atoms with E-state index in [0.29, 0.717) is 5.69 Å². The number of rotatable bonds is 4. The zero-order chi connectivity index (χ0) is 13.9. The van der Waals surface area contributed by atoms with Gasteiger partial charge in [-0.05, 0) is 38.3 Å². The van der Waals surface area contributed by atoms with Crippen molar-refractivity contribution in [2.75, 3.05) is 0 Å². The molecule has 0 spiro atoms. The molecule has 0 aliphatic rings. The van der Waals surface area contributed by atoms with Crippen LogP contribution in [0.4, 0.5) is 5.69 Å². The van der Waals surface area contributed by atoms with Crippen LogP contribution in [-0.4, -0.2) is 22.3 Å². The summed E-state index contributed by atoms with van der Waals surface area (Å²) < 4.78 is 0. The van der Waals surface area contributed by atoms with Crippen LogP contribution in [0.3, 0.4) is 0 Å². The molecule has 0 amide bonds. The Bertz CT molecular complexity index is 500. The van der Waals surface area contributed by atoms with Crippen molar-refractivity contribution in [2.45, 2.75) is 33.3 Å². The average molecular weight is 247 g/mol. The minimum Gasteiger partial charge on any atom is -0.481 e. The van der Waals surface area contributed by atoms with Gasteiger partial charge in [-0.3, -0.25) is 4.79 Å². The highest BCUT2D eigenvalue weighted by molar-refractivity contribution is 5.71. The van der Waals surface area contributed by atoms with Crippen LogP contribution in [0.2, 0.25) is 0 Å². The van der Waals surface area contributed by atoms with E-state index in [-0.39, 0.29) is 6.42 Å². The fourth-order valence-corrected chi connectivity index (χ4v) is 1.91. The second-order valence-electron chi connectivity index (χ2n) is 4.50. The predicted molar refractivity (Wildman–Crippen MR) is 68.7 cm³/mol. The number of carboxylic acid groups (broad SMARTS) is 1. The summed E-state index contributed by atoms with van der Waals surface area (Å²) in [4.78, 5) is 14.5. The number of hydrogen-bond donors (Lipinski definition) is 2. The highest BCUT2D eigenvalue weighted by Crippen LogP contribution is 2.26. The van der Waals surface area contributed by atoms with Crippen LogP contribution < -0.4 is 0 Å². The van der Waals surface area contributed by atoms with E-state index < -0.39 is 18.0 Å². The van der Waals surface area contributed by atoms with Crippen LogP contribution in [0, 0.1) is 26.3 Å². The van der Waals surface area contributed by atoms with E-state index in [2.05, 4.69) is 4.85 Å². The summed E-state index contributed by atoms with van der Waals surface area (Å²) in [7, 11) is 0. The molecule has 2 atom stereocenters. The standard InChI is InChI=1S/C14H17NO3/c1-8-9(2)13(15-4)6-5-11(8)7-12(10(3)16)14(17)18/h5-6,10,12,16H,7H2,1-3H3,(H,17,18)/t10-,12+/m0/s1. The Balaban J connectivity index is 3.09. The third-order valence-corrected chi connectivity index (χ3v) is 3.33. The number of aliphatic hydroxyl groups is 1. The number of carbonyl (C=O) groups is 1. The van der Waals surface area contributed by atoms with Gasteiger partial charge in [-0.1, -0.05) is 17.7 Å². The summed E-state index contributed by atoms with van der Waals surface area (Å²) in [5.74, 6) is -1.82. The summed E-state index contributed by atoms with van der Waals surface area (Å²) in [5, 5.41) is 18.5. The van der Waals surface area contributed by atoms with Gasteiger partial charge in [-0.15, -0.1) is 0 Å². The Morgan fingerprint density at radius 3 is 2.44 bits per heavy atom. The number of benzene rings is 1. The van der Waals surface area contributed by atoms with Crippen LogP contribution in [0.1, 0.15) is 23.6 Å². The molecule has 0 aromatic heterocycles. The molecule has 0 aliphatic heterocycles. The Labute approximate surface area is 107 Å². The van der Waals surface area contributed by atoms with E-state index >= 15 is 0 Å². The fraction of sp³-hybridized carbons (Fsp3) is 0.429. The third-order valence-electron chi connectivity index (χ3n) is 3.33. The molecular weight excluding hydrogens is 230 g/mol. The van der Waals surface area contributed by atoms with Gasteiger partial charge in [0.25, 0.3) is 0 Å². The first-order valence-corrected chi connectivity index (χ1v) is 5.75. The molecule has 0 fully saturated rings. The van der Waals surface area contributed by atoms with Crippen LogP contribution >= 0.6 is 0 Å². The molecule has 1 aromatic rings. The maximum Gasteiger partial charge on any atom is 0.309 e. The fourth-order valence-electron chi connectivity index (χ4n) is 1.91. The van der Waals surface area contributed by atoms with Crippen molar-refractivity contribution in [1.82, 2.24) is 0 Å². The Morgan fingerprint density at radius 2 is 2.00 bits per heavy atom. The molecule has 96 valence electrons. The molecule has 1 rings (SSSR count). The molecule has 4 nitrogen and oxygen atoms in total. The number of aliphatic hydroxyl groups excluding tert-OH is 1. The summed E-state index contributed by atoms with van der Waals surface area (Å²) in [5.41, 5.74) is 3.25. The Hall–Kier alpha value is -1.86. The molecular formula is C14H17NO3. The molecule has 1 aromatic carbocycles. The summed E-state index contributed by atoms with van der Waals surface area (Å²) in [6.07, 6.45) is -0.624. The zero-order valence-electron chi connectivity index (χ0n) is 10.8. The van der Waals surface area contributed by atoms with Crippen molar-refractivity contribution in [3.63, 3.8) is 0 Å². The average Bonchev–Trinajstić information content (AvgIpc) is 2.30. The van der Waals surface area contributed by atoms with Gasteiger partial charge in [0.1, 0.15) is 0 Å². The van der Waals surface area contributed by atoms with Crippen LogP contribution in [0.5, 0.6) is 0 Å². The van der Waals surface area contributed by atoms with E-state index in [1.54, 1.807) is 12.1 Å². The van der Waals surface area contributed by atoms with Gasteiger partial charge in [0.15, 0.2) is 5.69 Å². The number of carboxylic acids is 1. The molecule has 18 heavy (non-hydrogen) atoms. The van der Waals surface area contributed by atoms with Crippen LogP contribution in [0.15, 0.2) is 12.1 Å². The summed E-state index contributed by atoms with van der Waals surface area (Å²) >= 11 is 0. The second kappa shape index (κ2) is 5.65. The van der Waals surface area contributed by atoms with Crippen molar-refractivity contribution >= 4 is 11.7 Å². The molecule has 0 saturated carbocycles. The van der Waals surface area contributed by atoms with Gasteiger partial charge in [-0.25, -0.2) is 4.85 Å².